The predicted molar refractivity (Wildman–Crippen MR) is 74.6 cm³/mol. The molecule has 0 rings (SSSR count). The maximum Gasteiger partial charge on any atom is 0.0785 e. The second kappa shape index (κ2) is 10.1. The van der Waals surface area contributed by atoms with Crippen LogP contribution in [0.4, 0.5) is 0 Å². The molecule has 0 saturated carbocycles. The number of halogens is 1. The number of hydrogen-bond donors (Lipinski definition) is 0. The molecule has 0 amide bonds. The minimum atomic E-state index is 0. The minimum Gasteiger partial charge on any atom is -1.00 e. The molecule has 0 radical (unpaired) electrons. The van der Waals surface area contributed by atoms with E-state index < -0.39 is 0 Å². The van der Waals surface area contributed by atoms with Crippen LogP contribution in [0.15, 0.2) is 11.6 Å². The number of quaternary nitrogens is 1. The Morgan fingerprint density at radius 2 is 1.71 bits per heavy atom. The van der Waals surface area contributed by atoms with Gasteiger partial charge in [-0.1, -0.05) is 25.5 Å². The van der Waals surface area contributed by atoms with Gasteiger partial charge in [0.2, 0.25) is 0 Å². The third kappa shape index (κ3) is 12.4. The van der Waals surface area contributed by atoms with Crippen LogP contribution >= 0.6 is 0 Å². The smallest absolute Gasteiger partial charge is 0.0785 e. The molecule has 0 fully saturated rings. The first-order valence-electron chi connectivity index (χ1n) is 6.82. The molecule has 2 heteroatoms. The fourth-order valence-corrected chi connectivity index (χ4v) is 2.09. The van der Waals surface area contributed by atoms with Gasteiger partial charge in [0.05, 0.1) is 27.2 Å². The molecule has 0 N–H and O–H groups in total. The zero-order chi connectivity index (χ0) is 12.6. The fraction of sp³-hybridized carbons (Fsp3) is 0.867. The van der Waals surface area contributed by atoms with Gasteiger partial charge in [0.1, 0.15) is 0 Å². The van der Waals surface area contributed by atoms with Crippen molar-refractivity contribution in [2.75, 3.05) is 27.2 Å². The highest BCUT2D eigenvalue weighted by atomic mass is 79.9. The molecule has 0 aliphatic heterocycles. The van der Waals surface area contributed by atoms with Gasteiger partial charge in [0.25, 0.3) is 0 Å². The van der Waals surface area contributed by atoms with Gasteiger partial charge < -0.3 is 21.5 Å². The van der Waals surface area contributed by atoms with Crippen LogP contribution in [0.1, 0.15) is 53.4 Å². The van der Waals surface area contributed by atoms with Crippen LogP contribution in [-0.4, -0.2) is 31.7 Å². The summed E-state index contributed by atoms with van der Waals surface area (Å²) in [6.07, 6.45) is 7.62. The molecule has 1 atom stereocenters. The lowest BCUT2D eigenvalue weighted by atomic mass is 10.0. The Labute approximate surface area is 120 Å². The molecule has 0 aromatic rings. The molecule has 17 heavy (non-hydrogen) atoms. The Hall–Kier alpha value is 0.180. The number of hydrogen-bond acceptors (Lipinski definition) is 0. The second-order valence-corrected chi connectivity index (χ2v) is 6.14. The average molecular weight is 306 g/mol. The first kappa shape index (κ1) is 19.5. The zero-order valence-electron chi connectivity index (χ0n) is 12.7. The molecule has 0 aromatic carbocycles. The van der Waals surface area contributed by atoms with Crippen molar-refractivity contribution >= 4 is 0 Å². The molecule has 0 saturated heterocycles. The van der Waals surface area contributed by atoms with E-state index in [-0.39, 0.29) is 17.0 Å². The van der Waals surface area contributed by atoms with Gasteiger partial charge in [-0.05, 0) is 45.4 Å². The van der Waals surface area contributed by atoms with E-state index in [0.29, 0.717) is 0 Å². The van der Waals surface area contributed by atoms with Gasteiger partial charge in [-0.25, -0.2) is 0 Å². The Morgan fingerprint density at radius 3 is 2.18 bits per heavy atom. The molecular weight excluding hydrogens is 274 g/mol. The normalized spacial score (nSPS) is 12.8. The molecule has 0 bridgehead atoms. The van der Waals surface area contributed by atoms with Gasteiger partial charge in [-0.2, -0.15) is 0 Å². The molecule has 1 nitrogen and oxygen atoms in total. The van der Waals surface area contributed by atoms with Crippen LogP contribution in [0.3, 0.4) is 0 Å². The third-order valence-electron chi connectivity index (χ3n) is 3.27. The van der Waals surface area contributed by atoms with E-state index >= 15 is 0 Å². The van der Waals surface area contributed by atoms with E-state index in [9.17, 15) is 0 Å². The van der Waals surface area contributed by atoms with E-state index in [1.165, 1.54) is 48.8 Å². The molecule has 104 valence electrons. The fourth-order valence-electron chi connectivity index (χ4n) is 2.09. The monoisotopic (exact) mass is 305 g/mol. The Kier molecular flexibility index (Phi) is 11.6. The largest absolute Gasteiger partial charge is 1.00 e. The zero-order valence-corrected chi connectivity index (χ0v) is 14.3. The van der Waals surface area contributed by atoms with E-state index in [0.717, 1.165) is 5.92 Å². The summed E-state index contributed by atoms with van der Waals surface area (Å²) in [6, 6.07) is 0. The lowest BCUT2D eigenvalue weighted by molar-refractivity contribution is -0.890. The quantitative estimate of drug-likeness (QED) is 0.468. The second-order valence-electron chi connectivity index (χ2n) is 6.14. The highest BCUT2D eigenvalue weighted by Crippen LogP contribution is 2.14. The van der Waals surface area contributed by atoms with E-state index in [4.69, 9.17) is 0 Å². The van der Waals surface area contributed by atoms with Crippen molar-refractivity contribution < 1.29 is 21.5 Å². The molecule has 0 aliphatic carbocycles. The maximum atomic E-state index is 2.39. The highest BCUT2D eigenvalue weighted by molar-refractivity contribution is 4.92. The molecule has 0 aliphatic rings. The molecule has 0 aromatic heterocycles. The maximum absolute atomic E-state index is 2.39. The van der Waals surface area contributed by atoms with Gasteiger partial charge >= 0.3 is 0 Å². The minimum absolute atomic E-state index is 0. The predicted octanol–water partition coefficient (Wildman–Crippen LogP) is 1.25. The molecular formula is C15H32BrN. The number of nitrogens with zero attached hydrogens (tertiary/aromatic N) is 1. The summed E-state index contributed by atoms with van der Waals surface area (Å²) < 4.78 is 1.18. The van der Waals surface area contributed by atoms with Crippen molar-refractivity contribution in [1.29, 1.82) is 0 Å². The summed E-state index contributed by atoms with van der Waals surface area (Å²) in [5.74, 6) is 0.866. The van der Waals surface area contributed by atoms with Crippen LogP contribution < -0.4 is 17.0 Å². The van der Waals surface area contributed by atoms with Gasteiger partial charge in [-0.15, -0.1) is 0 Å². The number of rotatable bonds is 8. The van der Waals surface area contributed by atoms with E-state index in [1.54, 1.807) is 0 Å². The SMILES string of the molecule is CCC[N+](C)(C)CC[C@@H](C)CCC=C(C)C.[Br-]. The van der Waals surface area contributed by atoms with Crippen molar-refractivity contribution in [3.63, 3.8) is 0 Å². The van der Waals surface area contributed by atoms with Crippen molar-refractivity contribution in [2.24, 2.45) is 5.92 Å². The lowest BCUT2D eigenvalue weighted by Crippen LogP contribution is -3.00. The Balaban J connectivity index is 0. The third-order valence-corrected chi connectivity index (χ3v) is 3.27. The molecule has 0 unspecified atom stereocenters. The van der Waals surface area contributed by atoms with Crippen LogP contribution in [0.25, 0.3) is 0 Å². The van der Waals surface area contributed by atoms with Crippen LogP contribution in [-0.2, 0) is 0 Å². The van der Waals surface area contributed by atoms with E-state index in [1.807, 2.05) is 0 Å². The summed E-state index contributed by atoms with van der Waals surface area (Å²) in [4.78, 5) is 0. The van der Waals surface area contributed by atoms with Gasteiger partial charge in [-0.3, -0.25) is 0 Å². The summed E-state index contributed by atoms with van der Waals surface area (Å²) in [6.45, 7) is 11.7. The summed E-state index contributed by atoms with van der Waals surface area (Å²) in [5, 5.41) is 0. The highest BCUT2D eigenvalue weighted by Gasteiger charge is 2.14. The topological polar surface area (TPSA) is 0 Å². The molecule has 0 heterocycles. The van der Waals surface area contributed by atoms with Crippen molar-refractivity contribution in [2.45, 2.75) is 53.4 Å². The first-order valence-corrected chi connectivity index (χ1v) is 6.82. The van der Waals surface area contributed by atoms with Crippen LogP contribution in [0.5, 0.6) is 0 Å². The van der Waals surface area contributed by atoms with Crippen molar-refractivity contribution in [1.82, 2.24) is 0 Å². The van der Waals surface area contributed by atoms with Crippen molar-refractivity contribution in [3.8, 4) is 0 Å². The van der Waals surface area contributed by atoms with Crippen molar-refractivity contribution in [3.05, 3.63) is 11.6 Å². The summed E-state index contributed by atoms with van der Waals surface area (Å²) >= 11 is 0. The van der Waals surface area contributed by atoms with Crippen LogP contribution in [0, 0.1) is 5.92 Å². The Bertz CT molecular complexity index is 205. The average Bonchev–Trinajstić information content (AvgIpc) is 2.14. The summed E-state index contributed by atoms with van der Waals surface area (Å²) in [7, 11) is 4.71. The first-order chi connectivity index (χ1) is 7.37. The number of allylic oxidation sites excluding steroid dienone is 2. The standard InChI is InChI=1S/C15H32N.BrH/c1-7-12-16(5,6)13-11-15(4)10-8-9-14(2)3;/h9,15H,7-8,10-13H2,1-6H3;1H/q+1;/p-1/t15-;/m0./s1. The summed E-state index contributed by atoms with van der Waals surface area (Å²) in [5.41, 5.74) is 1.45. The molecule has 0 spiro atoms. The van der Waals surface area contributed by atoms with Gasteiger partial charge in [0, 0.05) is 0 Å². The Morgan fingerprint density at radius 1 is 1.12 bits per heavy atom. The van der Waals surface area contributed by atoms with Crippen LogP contribution in [0.2, 0.25) is 0 Å². The van der Waals surface area contributed by atoms with Gasteiger partial charge in [0.15, 0.2) is 0 Å². The van der Waals surface area contributed by atoms with E-state index in [2.05, 4.69) is 47.9 Å². The lowest BCUT2D eigenvalue weighted by Gasteiger charge is -2.30.